The summed E-state index contributed by atoms with van der Waals surface area (Å²) in [5.41, 5.74) is 7.21. The van der Waals surface area contributed by atoms with E-state index in [0.29, 0.717) is 24.9 Å². The Kier molecular flexibility index (Phi) is 4.95. The first-order chi connectivity index (χ1) is 12.0. The summed E-state index contributed by atoms with van der Waals surface area (Å²) in [5.74, 6) is 1.93. The van der Waals surface area contributed by atoms with E-state index < -0.39 is 5.91 Å². The number of benzene rings is 1. The van der Waals surface area contributed by atoms with E-state index in [1.807, 2.05) is 55.1 Å². The van der Waals surface area contributed by atoms with Crippen molar-refractivity contribution < 1.29 is 13.6 Å². The Morgan fingerprint density at radius 2 is 1.88 bits per heavy atom. The molecule has 0 aliphatic rings. The number of carbonyl (C=O) groups is 1. The third-order valence-corrected chi connectivity index (χ3v) is 3.73. The summed E-state index contributed by atoms with van der Waals surface area (Å²) in [6, 6.07) is 11.7. The van der Waals surface area contributed by atoms with Crippen molar-refractivity contribution in [2.24, 2.45) is 5.73 Å². The molecule has 0 atom stereocenters. The van der Waals surface area contributed by atoms with Gasteiger partial charge in [0.15, 0.2) is 0 Å². The van der Waals surface area contributed by atoms with Gasteiger partial charge in [0.2, 0.25) is 11.8 Å². The number of furan rings is 1. The highest BCUT2D eigenvalue weighted by Gasteiger charge is 2.17. The summed E-state index contributed by atoms with van der Waals surface area (Å²) < 4.78 is 11.2. The maximum absolute atomic E-state index is 11.4. The van der Waals surface area contributed by atoms with E-state index in [-0.39, 0.29) is 6.54 Å². The number of primary amides is 1. The van der Waals surface area contributed by atoms with Gasteiger partial charge in [-0.05, 0) is 25.5 Å². The number of hydrogen-bond donors (Lipinski definition) is 1. The van der Waals surface area contributed by atoms with Crippen LogP contribution in [-0.4, -0.2) is 27.5 Å². The molecule has 25 heavy (non-hydrogen) atoms. The molecule has 7 nitrogen and oxygen atoms in total. The lowest BCUT2D eigenvalue weighted by atomic mass is 10.2. The zero-order chi connectivity index (χ0) is 17.8. The Bertz CT molecular complexity index is 854. The van der Waals surface area contributed by atoms with Crippen LogP contribution in [0.4, 0.5) is 0 Å². The van der Waals surface area contributed by atoms with Crippen LogP contribution in [0.25, 0.3) is 11.5 Å². The fourth-order valence-corrected chi connectivity index (χ4v) is 2.69. The molecule has 0 spiro atoms. The van der Waals surface area contributed by atoms with E-state index in [1.165, 1.54) is 0 Å². The molecule has 7 heteroatoms. The minimum atomic E-state index is -0.406. The molecule has 2 aromatic heterocycles. The second-order valence-electron chi connectivity index (χ2n) is 5.92. The number of aryl methyl sites for hydroxylation is 2. The van der Waals surface area contributed by atoms with Gasteiger partial charge < -0.3 is 14.6 Å². The largest absolute Gasteiger partial charge is 0.466 e. The quantitative estimate of drug-likeness (QED) is 0.709. The summed E-state index contributed by atoms with van der Waals surface area (Å²) in [5, 5.41) is 8.16. The minimum Gasteiger partial charge on any atom is -0.466 e. The van der Waals surface area contributed by atoms with Gasteiger partial charge in [0.25, 0.3) is 5.89 Å². The maximum atomic E-state index is 11.4. The minimum absolute atomic E-state index is 0.108. The Balaban J connectivity index is 1.75. The third kappa shape index (κ3) is 4.33. The lowest BCUT2D eigenvalue weighted by molar-refractivity contribution is -0.119. The van der Waals surface area contributed by atoms with E-state index in [0.717, 1.165) is 22.6 Å². The Hall–Kier alpha value is -2.93. The van der Waals surface area contributed by atoms with Crippen molar-refractivity contribution >= 4 is 5.91 Å². The molecule has 0 saturated heterocycles. The second kappa shape index (κ2) is 7.31. The van der Waals surface area contributed by atoms with Crippen molar-refractivity contribution in [2.75, 3.05) is 6.54 Å². The number of amides is 1. The van der Waals surface area contributed by atoms with Crippen LogP contribution in [0.1, 0.15) is 23.0 Å². The number of rotatable bonds is 7. The number of carbonyl (C=O) groups excluding carboxylic acids is 1. The Morgan fingerprint density at radius 3 is 2.52 bits per heavy atom. The summed E-state index contributed by atoms with van der Waals surface area (Å²) in [4.78, 5) is 13.2. The Morgan fingerprint density at radius 1 is 1.12 bits per heavy atom. The monoisotopic (exact) mass is 340 g/mol. The second-order valence-corrected chi connectivity index (χ2v) is 5.92. The fraction of sp³-hybridized carbons (Fsp3) is 0.278. The van der Waals surface area contributed by atoms with Gasteiger partial charge in [-0.2, -0.15) is 0 Å². The fourth-order valence-electron chi connectivity index (χ4n) is 2.69. The summed E-state index contributed by atoms with van der Waals surface area (Å²) in [6.45, 7) is 4.71. The highest BCUT2D eigenvalue weighted by atomic mass is 16.4. The van der Waals surface area contributed by atoms with Crippen molar-refractivity contribution in [2.45, 2.75) is 26.9 Å². The molecule has 2 heterocycles. The lowest BCUT2D eigenvalue weighted by Gasteiger charge is -2.18. The zero-order valence-electron chi connectivity index (χ0n) is 14.2. The summed E-state index contributed by atoms with van der Waals surface area (Å²) >= 11 is 0. The molecule has 2 N–H and O–H groups in total. The van der Waals surface area contributed by atoms with Crippen molar-refractivity contribution in [1.29, 1.82) is 0 Å². The van der Waals surface area contributed by atoms with E-state index in [9.17, 15) is 4.79 Å². The van der Waals surface area contributed by atoms with Crippen LogP contribution in [0, 0.1) is 13.8 Å². The first-order valence-corrected chi connectivity index (χ1v) is 7.95. The highest BCUT2D eigenvalue weighted by molar-refractivity contribution is 5.75. The highest BCUT2D eigenvalue weighted by Crippen LogP contribution is 2.25. The molecule has 0 saturated carbocycles. The maximum Gasteiger partial charge on any atom is 0.251 e. The first-order valence-electron chi connectivity index (χ1n) is 7.95. The molecule has 1 aromatic carbocycles. The van der Waals surface area contributed by atoms with Gasteiger partial charge in [-0.15, -0.1) is 10.2 Å². The molecule has 0 aliphatic carbocycles. The van der Waals surface area contributed by atoms with Crippen LogP contribution < -0.4 is 5.73 Å². The van der Waals surface area contributed by atoms with Crippen LogP contribution in [0.15, 0.2) is 45.2 Å². The molecule has 0 unspecified atom stereocenters. The van der Waals surface area contributed by atoms with E-state index in [4.69, 9.17) is 14.6 Å². The topological polar surface area (TPSA) is 98.4 Å². The molecular formula is C18H20N4O3. The Labute approximate surface area is 145 Å². The van der Waals surface area contributed by atoms with Gasteiger partial charge in [-0.3, -0.25) is 9.69 Å². The average molecular weight is 340 g/mol. The summed E-state index contributed by atoms with van der Waals surface area (Å²) in [7, 11) is 0. The smallest absolute Gasteiger partial charge is 0.251 e. The van der Waals surface area contributed by atoms with Crippen LogP contribution in [0.3, 0.4) is 0 Å². The van der Waals surface area contributed by atoms with Crippen LogP contribution in [0.2, 0.25) is 0 Å². The van der Waals surface area contributed by atoms with Crippen LogP contribution in [-0.2, 0) is 17.9 Å². The molecular weight excluding hydrogens is 320 g/mol. The summed E-state index contributed by atoms with van der Waals surface area (Å²) in [6.07, 6.45) is 0. The zero-order valence-corrected chi connectivity index (χ0v) is 14.2. The van der Waals surface area contributed by atoms with Crippen molar-refractivity contribution in [3.63, 3.8) is 0 Å². The average Bonchev–Trinajstić information content (AvgIpc) is 3.13. The van der Waals surface area contributed by atoms with Gasteiger partial charge >= 0.3 is 0 Å². The van der Waals surface area contributed by atoms with Gasteiger partial charge in [0.1, 0.15) is 11.5 Å². The van der Waals surface area contributed by atoms with E-state index >= 15 is 0 Å². The van der Waals surface area contributed by atoms with E-state index in [1.54, 1.807) is 0 Å². The predicted molar refractivity (Wildman–Crippen MR) is 91.2 cm³/mol. The standard InChI is InChI=1S/C18H20N4O3/c1-12-8-15(13(2)24-12)18-21-20-17(25-18)11-22(10-16(19)23)9-14-6-4-3-5-7-14/h3-8H,9-11H2,1-2H3,(H2,19,23). The number of nitrogens with zero attached hydrogens (tertiary/aromatic N) is 3. The molecule has 0 fully saturated rings. The first kappa shape index (κ1) is 16.9. The molecule has 3 rings (SSSR count). The van der Waals surface area contributed by atoms with Crippen LogP contribution >= 0.6 is 0 Å². The number of hydrogen-bond acceptors (Lipinski definition) is 6. The van der Waals surface area contributed by atoms with Crippen molar-refractivity contribution in [1.82, 2.24) is 15.1 Å². The molecule has 0 bridgehead atoms. The normalized spacial score (nSPS) is 11.2. The van der Waals surface area contributed by atoms with Crippen LogP contribution in [0.5, 0.6) is 0 Å². The van der Waals surface area contributed by atoms with E-state index in [2.05, 4.69) is 10.2 Å². The number of nitrogens with two attached hydrogens (primary N) is 1. The van der Waals surface area contributed by atoms with Gasteiger partial charge in [0, 0.05) is 6.54 Å². The molecule has 0 radical (unpaired) electrons. The van der Waals surface area contributed by atoms with Crippen molar-refractivity contribution in [3.05, 3.63) is 59.4 Å². The lowest BCUT2D eigenvalue weighted by Crippen LogP contribution is -2.33. The van der Waals surface area contributed by atoms with Gasteiger partial charge in [-0.25, -0.2) is 0 Å². The van der Waals surface area contributed by atoms with Crippen molar-refractivity contribution in [3.8, 4) is 11.5 Å². The van der Waals surface area contributed by atoms with Gasteiger partial charge in [0.05, 0.1) is 18.7 Å². The number of aromatic nitrogens is 2. The third-order valence-electron chi connectivity index (χ3n) is 3.73. The molecule has 3 aromatic rings. The predicted octanol–water partition coefficient (Wildman–Crippen LogP) is 2.43. The molecule has 0 aliphatic heterocycles. The molecule has 130 valence electrons. The molecule has 1 amide bonds. The van der Waals surface area contributed by atoms with Gasteiger partial charge in [-0.1, -0.05) is 30.3 Å². The SMILES string of the molecule is Cc1cc(-c2nnc(CN(CC(N)=O)Cc3ccccc3)o2)c(C)o1.